The van der Waals surface area contributed by atoms with Crippen molar-refractivity contribution in [2.75, 3.05) is 6.54 Å². The fourth-order valence-corrected chi connectivity index (χ4v) is 3.77. The second-order valence-electron chi connectivity index (χ2n) is 7.01. The topological polar surface area (TPSA) is 59.7 Å². The molecule has 0 saturated carbocycles. The molecule has 0 amide bonds. The molecule has 0 aliphatic carbocycles. The molecular weight excluding hydrogens is 336 g/mol. The molecule has 6 nitrogen and oxygen atoms in total. The monoisotopic (exact) mass is 356 g/mol. The average Bonchev–Trinajstić information content (AvgIpc) is 3.04. The third kappa shape index (κ3) is 2.98. The summed E-state index contributed by atoms with van der Waals surface area (Å²) in [5.41, 5.74) is 5.80. The number of aromatic nitrogens is 5. The van der Waals surface area contributed by atoms with Gasteiger partial charge in [0.1, 0.15) is 6.33 Å². The van der Waals surface area contributed by atoms with Gasteiger partial charge in [0.2, 0.25) is 0 Å². The number of nitrogens with zero attached hydrogens (tertiary/aromatic N) is 6. The summed E-state index contributed by atoms with van der Waals surface area (Å²) in [5.74, 6) is 0.695. The van der Waals surface area contributed by atoms with Crippen molar-refractivity contribution in [3.8, 4) is 11.4 Å². The van der Waals surface area contributed by atoms with Crippen LogP contribution in [0.5, 0.6) is 0 Å². The zero-order valence-electron chi connectivity index (χ0n) is 15.2. The molecule has 4 aromatic rings. The lowest BCUT2D eigenvalue weighted by molar-refractivity contribution is 0.236. The molecular formula is C21H20N6. The van der Waals surface area contributed by atoms with Crippen LogP contribution in [-0.4, -0.2) is 35.9 Å². The number of para-hydroxylation sites is 1. The van der Waals surface area contributed by atoms with Crippen LogP contribution in [0.3, 0.4) is 0 Å². The van der Waals surface area contributed by atoms with E-state index >= 15 is 0 Å². The van der Waals surface area contributed by atoms with E-state index < -0.39 is 0 Å². The second-order valence-corrected chi connectivity index (χ2v) is 7.01. The van der Waals surface area contributed by atoms with E-state index in [0.29, 0.717) is 5.82 Å². The number of rotatable bonds is 3. The van der Waals surface area contributed by atoms with Gasteiger partial charge in [0.15, 0.2) is 5.82 Å². The summed E-state index contributed by atoms with van der Waals surface area (Å²) in [6, 6.07) is 10.8. The number of benzene rings is 1. The zero-order chi connectivity index (χ0) is 18.2. The number of aryl methyl sites for hydroxylation is 1. The molecule has 0 fully saturated rings. The largest absolute Gasteiger partial charge is 0.346 e. The van der Waals surface area contributed by atoms with Crippen molar-refractivity contribution < 1.29 is 0 Å². The first-order valence-electron chi connectivity index (χ1n) is 9.14. The lowest BCUT2D eigenvalue weighted by Crippen LogP contribution is -2.31. The van der Waals surface area contributed by atoms with Gasteiger partial charge < -0.3 is 4.57 Å². The van der Waals surface area contributed by atoms with Crippen molar-refractivity contribution in [1.82, 2.24) is 29.4 Å². The Labute approximate surface area is 157 Å². The Kier molecular flexibility index (Phi) is 3.90. The SMILES string of the molecule is Cn1c(CN2CCc3cnc(-c4cncnc4)nc3C2)cc2ccccc21. The molecule has 4 heterocycles. The van der Waals surface area contributed by atoms with Crippen LogP contribution in [0.25, 0.3) is 22.3 Å². The van der Waals surface area contributed by atoms with E-state index in [0.717, 1.165) is 37.3 Å². The van der Waals surface area contributed by atoms with E-state index in [9.17, 15) is 0 Å². The van der Waals surface area contributed by atoms with E-state index in [1.165, 1.54) is 28.5 Å². The number of hydrogen-bond acceptors (Lipinski definition) is 5. The van der Waals surface area contributed by atoms with Crippen molar-refractivity contribution in [3.05, 3.63) is 72.2 Å². The van der Waals surface area contributed by atoms with Gasteiger partial charge in [-0.2, -0.15) is 0 Å². The van der Waals surface area contributed by atoms with Crippen LogP contribution >= 0.6 is 0 Å². The van der Waals surface area contributed by atoms with Crippen LogP contribution < -0.4 is 0 Å². The van der Waals surface area contributed by atoms with Crippen LogP contribution in [0.15, 0.2) is 55.2 Å². The second kappa shape index (κ2) is 6.55. The summed E-state index contributed by atoms with van der Waals surface area (Å²) in [5, 5.41) is 1.29. The molecule has 1 aliphatic heterocycles. The maximum atomic E-state index is 4.80. The minimum Gasteiger partial charge on any atom is -0.346 e. The van der Waals surface area contributed by atoms with Gasteiger partial charge in [-0.25, -0.2) is 19.9 Å². The maximum Gasteiger partial charge on any atom is 0.162 e. The van der Waals surface area contributed by atoms with E-state index in [2.05, 4.69) is 61.8 Å². The molecule has 1 aliphatic rings. The average molecular weight is 356 g/mol. The standard InChI is InChI=1S/C21H20N6/c1-26-18(8-15-4-2-3-5-20(15)26)12-27-7-6-16-11-24-21(25-19(16)13-27)17-9-22-14-23-10-17/h2-5,8-11,14H,6-7,12-13H2,1H3. The molecule has 3 aromatic heterocycles. The Morgan fingerprint density at radius 2 is 1.93 bits per heavy atom. The van der Waals surface area contributed by atoms with Crippen molar-refractivity contribution in [2.24, 2.45) is 7.05 Å². The van der Waals surface area contributed by atoms with Crippen LogP contribution in [0.4, 0.5) is 0 Å². The van der Waals surface area contributed by atoms with Gasteiger partial charge in [0, 0.05) is 56.5 Å². The zero-order valence-corrected chi connectivity index (χ0v) is 15.2. The predicted molar refractivity (Wildman–Crippen MR) is 104 cm³/mol. The first-order valence-corrected chi connectivity index (χ1v) is 9.14. The van der Waals surface area contributed by atoms with Crippen molar-refractivity contribution in [3.63, 3.8) is 0 Å². The summed E-state index contributed by atoms with van der Waals surface area (Å²) >= 11 is 0. The highest BCUT2D eigenvalue weighted by atomic mass is 15.2. The maximum absolute atomic E-state index is 4.80. The predicted octanol–water partition coefficient (Wildman–Crippen LogP) is 2.98. The molecule has 0 bridgehead atoms. The summed E-state index contributed by atoms with van der Waals surface area (Å²) in [6.45, 7) is 2.77. The van der Waals surface area contributed by atoms with Crippen LogP contribution in [0, 0.1) is 0 Å². The van der Waals surface area contributed by atoms with E-state index in [-0.39, 0.29) is 0 Å². The van der Waals surface area contributed by atoms with Crippen LogP contribution in [0.2, 0.25) is 0 Å². The number of hydrogen-bond donors (Lipinski definition) is 0. The van der Waals surface area contributed by atoms with E-state index in [4.69, 9.17) is 4.98 Å². The fraction of sp³-hybridized carbons (Fsp3) is 0.238. The smallest absolute Gasteiger partial charge is 0.162 e. The molecule has 0 saturated heterocycles. The minimum absolute atomic E-state index is 0.695. The summed E-state index contributed by atoms with van der Waals surface area (Å²) in [7, 11) is 2.14. The van der Waals surface area contributed by atoms with Gasteiger partial charge in [-0.3, -0.25) is 4.90 Å². The molecule has 0 spiro atoms. The Hall–Kier alpha value is -3.12. The molecule has 27 heavy (non-hydrogen) atoms. The summed E-state index contributed by atoms with van der Waals surface area (Å²) in [6.07, 6.45) is 7.97. The third-order valence-electron chi connectivity index (χ3n) is 5.28. The molecule has 0 N–H and O–H groups in total. The Bertz CT molecular complexity index is 1100. The Morgan fingerprint density at radius 1 is 1.07 bits per heavy atom. The minimum atomic E-state index is 0.695. The molecule has 0 atom stereocenters. The van der Waals surface area contributed by atoms with E-state index in [1.807, 2.05) is 6.20 Å². The molecule has 6 heteroatoms. The molecule has 5 rings (SSSR count). The van der Waals surface area contributed by atoms with Gasteiger partial charge in [-0.15, -0.1) is 0 Å². The lowest BCUT2D eigenvalue weighted by Gasteiger charge is -2.28. The van der Waals surface area contributed by atoms with Gasteiger partial charge in [-0.05, 0) is 29.5 Å². The van der Waals surface area contributed by atoms with Gasteiger partial charge in [0.05, 0.1) is 11.3 Å². The molecule has 0 unspecified atom stereocenters. The molecule has 1 aromatic carbocycles. The third-order valence-corrected chi connectivity index (χ3v) is 5.28. The molecule has 134 valence electrons. The van der Waals surface area contributed by atoms with Gasteiger partial charge in [0.25, 0.3) is 0 Å². The van der Waals surface area contributed by atoms with Gasteiger partial charge >= 0.3 is 0 Å². The Balaban J connectivity index is 1.41. The normalized spacial score (nSPS) is 14.4. The quantitative estimate of drug-likeness (QED) is 0.565. The highest BCUT2D eigenvalue weighted by Crippen LogP contribution is 2.24. The van der Waals surface area contributed by atoms with Crippen LogP contribution in [0.1, 0.15) is 17.0 Å². The Morgan fingerprint density at radius 3 is 2.78 bits per heavy atom. The van der Waals surface area contributed by atoms with Crippen molar-refractivity contribution in [1.29, 1.82) is 0 Å². The fourth-order valence-electron chi connectivity index (χ4n) is 3.77. The summed E-state index contributed by atoms with van der Waals surface area (Å²) in [4.78, 5) is 19.9. The lowest BCUT2D eigenvalue weighted by atomic mass is 10.1. The highest BCUT2D eigenvalue weighted by Gasteiger charge is 2.20. The highest BCUT2D eigenvalue weighted by molar-refractivity contribution is 5.81. The summed E-state index contributed by atoms with van der Waals surface area (Å²) < 4.78 is 2.29. The van der Waals surface area contributed by atoms with E-state index in [1.54, 1.807) is 12.4 Å². The van der Waals surface area contributed by atoms with Gasteiger partial charge in [-0.1, -0.05) is 18.2 Å². The number of fused-ring (bicyclic) bond motifs is 2. The van der Waals surface area contributed by atoms with Crippen LogP contribution in [-0.2, 0) is 26.6 Å². The van der Waals surface area contributed by atoms with Crippen molar-refractivity contribution >= 4 is 10.9 Å². The molecule has 0 radical (unpaired) electrons. The first-order chi connectivity index (χ1) is 13.3. The van der Waals surface area contributed by atoms with Crippen molar-refractivity contribution in [2.45, 2.75) is 19.5 Å². The first kappa shape index (κ1) is 16.1.